The lowest BCUT2D eigenvalue weighted by Gasteiger charge is -2.31. The lowest BCUT2D eigenvalue weighted by molar-refractivity contribution is -0.143. The summed E-state index contributed by atoms with van der Waals surface area (Å²) in [5, 5.41) is 9.56. The van der Waals surface area contributed by atoms with Crippen LogP contribution in [0.5, 0.6) is 0 Å². The van der Waals surface area contributed by atoms with Crippen LogP contribution in [0, 0.1) is 17.8 Å². The Kier molecular flexibility index (Phi) is 3.79. The fourth-order valence-corrected chi connectivity index (χ4v) is 4.30. The number of hydrogen-bond acceptors (Lipinski definition) is 2. The maximum Gasteiger partial charge on any atom is 0.325 e. The molecule has 0 saturated heterocycles. The number of likely N-dealkylation sites (N-methyl/N-ethyl adjacent to an activating group) is 1. The molecule has 0 spiro atoms. The van der Waals surface area contributed by atoms with Crippen LogP contribution in [0.3, 0.4) is 0 Å². The number of aliphatic carboxylic acids is 1. The molecule has 20 heavy (non-hydrogen) atoms. The van der Waals surface area contributed by atoms with Gasteiger partial charge < -0.3 is 5.11 Å². The van der Waals surface area contributed by atoms with Gasteiger partial charge in [-0.05, 0) is 49.6 Å². The topological polar surface area (TPSA) is 40.5 Å². The second kappa shape index (κ2) is 5.57. The number of nitrogens with zero attached hydrogens (tertiary/aromatic N) is 1. The van der Waals surface area contributed by atoms with Gasteiger partial charge in [-0.3, -0.25) is 9.69 Å². The quantitative estimate of drug-likeness (QED) is 0.895. The minimum absolute atomic E-state index is 0.518. The first-order chi connectivity index (χ1) is 9.65. The van der Waals surface area contributed by atoms with Gasteiger partial charge in [0.15, 0.2) is 0 Å². The number of benzene rings is 1. The Morgan fingerprint density at radius 2 is 2.05 bits per heavy atom. The van der Waals surface area contributed by atoms with Crippen molar-refractivity contribution in [3.05, 3.63) is 35.9 Å². The molecule has 2 fully saturated rings. The maximum atomic E-state index is 11.6. The van der Waals surface area contributed by atoms with Gasteiger partial charge >= 0.3 is 5.97 Å². The molecular weight excluding hydrogens is 250 g/mol. The van der Waals surface area contributed by atoms with E-state index in [9.17, 15) is 9.90 Å². The zero-order valence-electron chi connectivity index (χ0n) is 12.0. The van der Waals surface area contributed by atoms with Gasteiger partial charge in [0.25, 0.3) is 0 Å². The molecule has 1 aromatic rings. The van der Waals surface area contributed by atoms with E-state index in [0.717, 1.165) is 23.9 Å². The predicted molar refractivity (Wildman–Crippen MR) is 78.4 cm³/mol. The van der Waals surface area contributed by atoms with E-state index < -0.39 is 12.0 Å². The van der Waals surface area contributed by atoms with Gasteiger partial charge in [-0.2, -0.15) is 0 Å². The third-order valence-electron chi connectivity index (χ3n) is 5.20. The molecule has 0 amide bonds. The summed E-state index contributed by atoms with van der Waals surface area (Å²) >= 11 is 0. The molecule has 0 radical (unpaired) electrons. The fourth-order valence-electron chi connectivity index (χ4n) is 4.30. The van der Waals surface area contributed by atoms with Crippen LogP contribution < -0.4 is 0 Å². The smallest absolute Gasteiger partial charge is 0.325 e. The van der Waals surface area contributed by atoms with Crippen molar-refractivity contribution in [2.24, 2.45) is 17.8 Å². The van der Waals surface area contributed by atoms with Crippen molar-refractivity contribution in [1.29, 1.82) is 0 Å². The maximum absolute atomic E-state index is 11.6. The molecule has 3 rings (SSSR count). The highest BCUT2D eigenvalue weighted by Crippen LogP contribution is 2.48. The Hall–Kier alpha value is -1.35. The number of rotatable bonds is 5. The van der Waals surface area contributed by atoms with Gasteiger partial charge in [0, 0.05) is 6.54 Å². The highest BCUT2D eigenvalue weighted by atomic mass is 16.4. The van der Waals surface area contributed by atoms with Crippen LogP contribution in [0.2, 0.25) is 0 Å². The Labute approximate surface area is 120 Å². The van der Waals surface area contributed by atoms with Crippen LogP contribution in [0.4, 0.5) is 0 Å². The van der Waals surface area contributed by atoms with E-state index in [0.29, 0.717) is 5.92 Å². The van der Waals surface area contributed by atoms with E-state index in [2.05, 4.69) is 0 Å². The molecule has 3 nitrogen and oxygen atoms in total. The molecule has 108 valence electrons. The monoisotopic (exact) mass is 273 g/mol. The summed E-state index contributed by atoms with van der Waals surface area (Å²) in [4.78, 5) is 13.7. The van der Waals surface area contributed by atoms with E-state index in [1.807, 2.05) is 42.3 Å². The Morgan fingerprint density at radius 3 is 2.60 bits per heavy atom. The Bertz CT molecular complexity index is 473. The number of hydrogen-bond donors (Lipinski definition) is 1. The molecular formula is C17H23NO2. The first-order valence-corrected chi connectivity index (χ1v) is 7.63. The molecule has 0 aromatic heterocycles. The van der Waals surface area contributed by atoms with Gasteiger partial charge in [-0.25, -0.2) is 0 Å². The minimum atomic E-state index is -0.748. The average molecular weight is 273 g/mol. The summed E-state index contributed by atoms with van der Waals surface area (Å²) in [6, 6.07) is 9.06. The summed E-state index contributed by atoms with van der Waals surface area (Å²) in [5.41, 5.74) is 0.880. The van der Waals surface area contributed by atoms with Gasteiger partial charge in [0.2, 0.25) is 0 Å². The summed E-state index contributed by atoms with van der Waals surface area (Å²) in [7, 11) is 1.96. The number of carboxylic acid groups (broad SMARTS) is 1. The number of carbonyl (C=O) groups is 1. The Balaban J connectivity index is 1.70. The molecule has 0 heterocycles. The van der Waals surface area contributed by atoms with Crippen molar-refractivity contribution in [2.75, 3.05) is 13.6 Å². The lowest BCUT2D eigenvalue weighted by atomic mass is 9.88. The second-order valence-electron chi connectivity index (χ2n) is 6.53. The Morgan fingerprint density at radius 1 is 1.30 bits per heavy atom. The van der Waals surface area contributed by atoms with Crippen molar-refractivity contribution in [3.8, 4) is 0 Å². The van der Waals surface area contributed by atoms with Crippen LogP contribution in [-0.2, 0) is 4.79 Å². The van der Waals surface area contributed by atoms with Crippen molar-refractivity contribution in [2.45, 2.75) is 31.7 Å². The van der Waals surface area contributed by atoms with Crippen LogP contribution in [0.1, 0.15) is 37.3 Å². The second-order valence-corrected chi connectivity index (χ2v) is 6.53. The van der Waals surface area contributed by atoms with Crippen LogP contribution in [0.15, 0.2) is 30.3 Å². The van der Waals surface area contributed by atoms with Crippen molar-refractivity contribution in [3.63, 3.8) is 0 Å². The first-order valence-electron chi connectivity index (χ1n) is 7.63. The van der Waals surface area contributed by atoms with Crippen molar-refractivity contribution < 1.29 is 9.90 Å². The van der Waals surface area contributed by atoms with Crippen LogP contribution in [-0.4, -0.2) is 29.6 Å². The van der Waals surface area contributed by atoms with E-state index in [1.165, 1.54) is 25.7 Å². The summed E-state index contributed by atoms with van der Waals surface area (Å²) in [6.45, 7) is 0.910. The molecule has 2 aliphatic rings. The van der Waals surface area contributed by atoms with E-state index in [1.54, 1.807) is 0 Å². The van der Waals surface area contributed by atoms with Gasteiger partial charge in [0.05, 0.1) is 0 Å². The van der Waals surface area contributed by atoms with Crippen LogP contribution >= 0.6 is 0 Å². The van der Waals surface area contributed by atoms with Crippen LogP contribution in [0.25, 0.3) is 0 Å². The molecule has 2 bridgehead atoms. The SMILES string of the molecule is CN(CC1CC2CCC1C2)C(C(=O)O)c1ccccc1. The molecule has 2 aliphatic carbocycles. The van der Waals surface area contributed by atoms with E-state index in [-0.39, 0.29) is 0 Å². The van der Waals surface area contributed by atoms with Crippen molar-refractivity contribution >= 4 is 5.97 Å². The number of fused-ring (bicyclic) bond motifs is 2. The van der Waals surface area contributed by atoms with E-state index in [4.69, 9.17) is 0 Å². The number of carboxylic acids is 1. The summed E-state index contributed by atoms with van der Waals surface area (Å²) in [6.07, 6.45) is 5.43. The van der Waals surface area contributed by atoms with Gasteiger partial charge in [-0.15, -0.1) is 0 Å². The largest absolute Gasteiger partial charge is 0.480 e. The molecule has 4 unspecified atom stereocenters. The van der Waals surface area contributed by atoms with Crippen molar-refractivity contribution in [1.82, 2.24) is 4.90 Å². The molecule has 0 aliphatic heterocycles. The zero-order chi connectivity index (χ0) is 14.1. The molecule has 1 N–H and O–H groups in total. The minimum Gasteiger partial charge on any atom is -0.480 e. The first kappa shape index (κ1) is 13.6. The summed E-state index contributed by atoms with van der Waals surface area (Å²) in [5.74, 6) is 1.71. The molecule has 2 saturated carbocycles. The fraction of sp³-hybridized carbons (Fsp3) is 0.588. The zero-order valence-corrected chi connectivity index (χ0v) is 12.0. The standard InChI is InChI=1S/C17H23NO2/c1-18(11-15-10-12-7-8-14(15)9-12)16(17(19)20)13-5-3-2-4-6-13/h2-6,12,14-16H,7-11H2,1H3,(H,19,20). The van der Waals surface area contributed by atoms with Gasteiger partial charge in [0.1, 0.15) is 6.04 Å². The highest BCUT2D eigenvalue weighted by Gasteiger charge is 2.40. The summed E-state index contributed by atoms with van der Waals surface area (Å²) < 4.78 is 0. The third kappa shape index (κ3) is 2.59. The molecule has 1 aromatic carbocycles. The third-order valence-corrected chi connectivity index (χ3v) is 5.20. The average Bonchev–Trinajstić information content (AvgIpc) is 3.02. The van der Waals surface area contributed by atoms with E-state index >= 15 is 0 Å². The van der Waals surface area contributed by atoms with Gasteiger partial charge in [-0.1, -0.05) is 36.8 Å². The predicted octanol–water partition coefficient (Wildman–Crippen LogP) is 3.18. The lowest BCUT2D eigenvalue weighted by Crippen LogP contribution is -2.36. The molecule has 4 atom stereocenters. The highest BCUT2D eigenvalue weighted by molar-refractivity contribution is 5.75. The molecule has 3 heteroatoms. The normalized spacial score (nSPS) is 29.8.